The minimum atomic E-state index is 0.629. The highest BCUT2D eigenvalue weighted by Gasteiger charge is 2.03. The predicted molar refractivity (Wildman–Crippen MR) is 80.4 cm³/mol. The molecule has 2 rings (SSSR count). The van der Waals surface area contributed by atoms with Gasteiger partial charge in [-0.15, -0.1) is 0 Å². The van der Waals surface area contributed by atoms with Crippen LogP contribution in [-0.2, 0) is 6.54 Å². The fourth-order valence-corrected chi connectivity index (χ4v) is 1.79. The molecule has 4 heteroatoms. The smallest absolute Gasteiger partial charge is 0.161 e. The van der Waals surface area contributed by atoms with E-state index < -0.39 is 0 Å². The largest absolute Gasteiger partial charge is 0.493 e. The molecule has 20 heavy (non-hydrogen) atoms. The maximum absolute atomic E-state index is 5.26. The Morgan fingerprint density at radius 2 is 1.75 bits per heavy atom. The summed E-state index contributed by atoms with van der Waals surface area (Å²) in [6.45, 7) is 0.629. The third-order valence-corrected chi connectivity index (χ3v) is 2.84. The van der Waals surface area contributed by atoms with Crippen LogP contribution in [0, 0.1) is 0 Å². The molecule has 0 aliphatic rings. The van der Waals surface area contributed by atoms with Crippen molar-refractivity contribution in [3.05, 3.63) is 59.7 Å². The van der Waals surface area contributed by atoms with Gasteiger partial charge >= 0.3 is 0 Å². The first kappa shape index (κ1) is 13.9. The van der Waals surface area contributed by atoms with Gasteiger partial charge < -0.3 is 14.9 Å². The van der Waals surface area contributed by atoms with Gasteiger partial charge in [0.2, 0.25) is 0 Å². The molecule has 0 unspecified atom stereocenters. The molecular weight excluding hydrogens is 252 g/mol. The quantitative estimate of drug-likeness (QED) is 0.648. The zero-order valence-corrected chi connectivity index (χ0v) is 11.7. The maximum Gasteiger partial charge on any atom is 0.161 e. The van der Waals surface area contributed by atoms with Gasteiger partial charge in [0.1, 0.15) is 0 Å². The van der Waals surface area contributed by atoms with Crippen LogP contribution >= 0.6 is 0 Å². The molecular formula is C16H18N2O2. The Bertz CT molecular complexity index is 568. The van der Waals surface area contributed by atoms with Crippen LogP contribution < -0.4 is 14.9 Å². The average molecular weight is 270 g/mol. The Hall–Kier alpha value is -2.49. The topological polar surface area (TPSA) is 42.8 Å². The molecule has 0 heterocycles. The number of hydrogen-bond acceptors (Lipinski definition) is 4. The van der Waals surface area contributed by atoms with E-state index >= 15 is 0 Å². The van der Waals surface area contributed by atoms with Crippen LogP contribution in [0.1, 0.15) is 11.1 Å². The van der Waals surface area contributed by atoms with Crippen molar-refractivity contribution in [2.45, 2.75) is 6.54 Å². The van der Waals surface area contributed by atoms with Gasteiger partial charge in [-0.3, -0.25) is 0 Å². The van der Waals surface area contributed by atoms with E-state index in [1.54, 1.807) is 20.4 Å². The van der Waals surface area contributed by atoms with Crippen LogP contribution in [0.2, 0.25) is 0 Å². The summed E-state index contributed by atoms with van der Waals surface area (Å²) in [5, 5.41) is 4.19. The van der Waals surface area contributed by atoms with Crippen molar-refractivity contribution >= 4 is 6.21 Å². The van der Waals surface area contributed by atoms with Gasteiger partial charge in [-0.25, -0.2) is 0 Å². The standard InChI is InChI=1S/C16H18N2O2/c1-19-15-9-8-14(10-16(15)20-2)12-18-17-11-13-6-4-3-5-7-13/h3-11,18H,12H2,1-2H3/b17-11+. The van der Waals surface area contributed by atoms with Crippen molar-refractivity contribution in [3.63, 3.8) is 0 Å². The van der Waals surface area contributed by atoms with E-state index in [1.165, 1.54) is 0 Å². The fourth-order valence-electron chi connectivity index (χ4n) is 1.79. The van der Waals surface area contributed by atoms with Gasteiger partial charge in [-0.2, -0.15) is 5.10 Å². The predicted octanol–water partition coefficient (Wildman–Crippen LogP) is 2.83. The van der Waals surface area contributed by atoms with Crippen LogP contribution in [0.3, 0.4) is 0 Å². The van der Waals surface area contributed by atoms with Gasteiger partial charge in [0.25, 0.3) is 0 Å². The lowest BCUT2D eigenvalue weighted by Crippen LogP contribution is -2.06. The summed E-state index contributed by atoms with van der Waals surface area (Å²) in [5.74, 6) is 1.45. The van der Waals surface area contributed by atoms with Gasteiger partial charge in [-0.1, -0.05) is 36.4 Å². The highest BCUT2D eigenvalue weighted by atomic mass is 16.5. The zero-order valence-electron chi connectivity index (χ0n) is 11.7. The molecule has 104 valence electrons. The van der Waals surface area contributed by atoms with E-state index in [4.69, 9.17) is 9.47 Å². The molecule has 0 aromatic heterocycles. The van der Waals surface area contributed by atoms with Crippen molar-refractivity contribution in [3.8, 4) is 11.5 Å². The summed E-state index contributed by atoms with van der Waals surface area (Å²) in [7, 11) is 3.25. The number of ether oxygens (including phenoxy) is 2. The Balaban J connectivity index is 1.93. The molecule has 0 radical (unpaired) electrons. The molecule has 0 spiro atoms. The summed E-state index contributed by atoms with van der Waals surface area (Å²) < 4.78 is 10.5. The molecule has 4 nitrogen and oxygen atoms in total. The van der Waals surface area contributed by atoms with Gasteiger partial charge in [0.05, 0.1) is 27.0 Å². The van der Waals surface area contributed by atoms with Gasteiger partial charge in [0, 0.05) is 0 Å². The number of nitrogens with zero attached hydrogens (tertiary/aromatic N) is 1. The van der Waals surface area contributed by atoms with Crippen LogP contribution in [0.25, 0.3) is 0 Å². The van der Waals surface area contributed by atoms with E-state index in [-0.39, 0.29) is 0 Å². The molecule has 0 bridgehead atoms. The van der Waals surface area contributed by atoms with Crippen molar-refractivity contribution in [1.82, 2.24) is 5.43 Å². The van der Waals surface area contributed by atoms with Gasteiger partial charge in [0.15, 0.2) is 11.5 Å². The molecule has 0 aliphatic carbocycles. The molecule has 0 atom stereocenters. The molecule has 2 aromatic carbocycles. The summed E-state index contributed by atoms with van der Waals surface area (Å²) >= 11 is 0. The van der Waals surface area contributed by atoms with Crippen LogP contribution in [0.15, 0.2) is 53.6 Å². The molecule has 0 amide bonds. The summed E-state index contributed by atoms with van der Waals surface area (Å²) in [6.07, 6.45) is 1.79. The normalized spacial score (nSPS) is 10.5. The minimum Gasteiger partial charge on any atom is -0.493 e. The van der Waals surface area contributed by atoms with Crippen molar-refractivity contribution in [2.75, 3.05) is 14.2 Å². The lowest BCUT2D eigenvalue weighted by Gasteiger charge is -2.09. The summed E-state index contributed by atoms with van der Waals surface area (Å²) in [5.41, 5.74) is 5.15. The highest BCUT2D eigenvalue weighted by molar-refractivity contribution is 5.79. The van der Waals surface area contributed by atoms with Crippen molar-refractivity contribution in [2.24, 2.45) is 5.10 Å². The molecule has 0 fully saturated rings. The second kappa shape index (κ2) is 7.19. The Kier molecular flexibility index (Phi) is 5.00. The minimum absolute atomic E-state index is 0.629. The molecule has 0 aliphatic heterocycles. The lowest BCUT2D eigenvalue weighted by atomic mass is 10.2. The average Bonchev–Trinajstić information content (AvgIpc) is 2.52. The van der Waals surface area contributed by atoms with Crippen LogP contribution in [0.4, 0.5) is 0 Å². The van der Waals surface area contributed by atoms with E-state index in [9.17, 15) is 0 Å². The number of methoxy groups -OCH3 is 2. The van der Waals surface area contributed by atoms with E-state index in [2.05, 4.69) is 10.5 Å². The lowest BCUT2D eigenvalue weighted by molar-refractivity contribution is 0.354. The van der Waals surface area contributed by atoms with Crippen molar-refractivity contribution in [1.29, 1.82) is 0 Å². The number of rotatable bonds is 6. The number of hydrogen-bond donors (Lipinski definition) is 1. The SMILES string of the molecule is COc1ccc(CN/N=C/c2ccccc2)cc1OC. The monoisotopic (exact) mass is 270 g/mol. The molecule has 2 aromatic rings. The first-order valence-corrected chi connectivity index (χ1v) is 6.35. The van der Waals surface area contributed by atoms with E-state index in [0.717, 1.165) is 22.6 Å². The third kappa shape index (κ3) is 3.75. The zero-order chi connectivity index (χ0) is 14.2. The summed E-state index contributed by atoms with van der Waals surface area (Å²) in [4.78, 5) is 0. The van der Waals surface area contributed by atoms with Gasteiger partial charge in [-0.05, 0) is 23.3 Å². The highest BCUT2D eigenvalue weighted by Crippen LogP contribution is 2.27. The molecule has 0 saturated heterocycles. The molecule has 1 N–H and O–H groups in total. The number of hydrazone groups is 1. The second-order valence-electron chi connectivity index (χ2n) is 4.19. The second-order valence-corrected chi connectivity index (χ2v) is 4.19. The molecule has 0 saturated carbocycles. The van der Waals surface area contributed by atoms with E-state index in [1.807, 2.05) is 48.5 Å². The third-order valence-electron chi connectivity index (χ3n) is 2.84. The van der Waals surface area contributed by atoms with E-state index in [0.29, 0.717) is 6.54 Å². The van der Waals surface area contributed by atoms with Crippen molar-refractivity contribution < 1.29 is 9.47 Å². The Morgan fingerprint density at radius 1 is 1.00 bits per heavy atom. The number of benzene rings is 2. The maximum atomic E-state index is 5.26. The Morgan fingerprint density at radius 3 is 2.45 bits per heavy atom. The van der Waals surface area contributed by atoms with Crippen LogP contribution in [-0.4, -0.2) is 20.4 Å². The fraction of sp³-hybridized carbons (Fsp3) is 0.188. The summed E-state index contributed by atoms with van der Waals surface area (Å²) in [6, 6.07) is 15.7. The van der Waals surface area contributed by atoms with Crippen LogP contribution in [0.5, 0.6) is 11.5 Å². The number of nitrogens with one attached hydrogen (secondary N) is 1. The Labute approximate surface area is 119 Å². The first-order valence-electron chi connectivity index (χ1n) is 6.35. The first-order chi connectivity index (χ1) is 9.83.